The van der Waals surface area contributed by atoms with E-state index in [2.05, 4.69) is 107 Å². The van der Waals surface area contributed by atoms with Gasteiger partial charge in [-0.3, -0.25) is 0 Å². The summed E-state index contributed by atoms with van der Waals surface area (Å²) in [7, 11) is 0. The number of benzene rings is 5. The number of anilines is 3. The number of aromatic nitrogens is 3. The van der Waals surface area contributed by atoms with E-state index in [1.807, 2.05) is 0 Å². The third-order valence-corrected chi connectivity index (χ3v) is 8.18. The molecule has 3 N–H and O–H groups in total. The molecular formula is C33H29N5. The highest BCUT2D eigenvalue weighted by molar-refractivity contribution is 6.11. The monoisotopic (exact) mass is 495 g/mol. The van der Waals surface area contributed by atoms with Crippen LogP contribution in [0.4, 0.5) is 17.6 Å². The fourth-order valence-corrected chi connectivity index (χ4v) is 6.49. The van der Waals surface area contributed by atoms with Crippen molar-refractivity contribution in [2.24, 2.45) is 0 Å². The maximum Gasteiger partial charge on any atom is 0.232 e. The predicted molar refractivity (Wildman–Crippen MR) is 157 cm³/mol. The molecule has 0 aliphatic heterocycles. The minimum atomic E-state index is 0.205. The lowest BCUT2D eigenvalue weighted by molar-refractivity contribution is 0.620. The molecule has 1 aliphatic carbocycles. The molecule has 1 unspecified atom stereocenters. The van der Waals surface area contributed by atoms with E-state index in [1.165, 1.54) is 61.1 Å². The third-order valence-electron chi connectivity index (χ3n) is 8.18. The van der Waals surface area contributed by atoms with Crippen LogP contribution >= 0.6 is 0 Å². The van der Waals surface area contributed by atoms with Gasteiger partial charge in [-0.2, -0.15) is 4.98 Å². The van der Waals surface area contributed by atoms with Gasteiger partial charge in [-0.05, 0) is 87.9 Å². The fourth-order valence-electron chi connectivity index (χ4n) is 6.49. The van der Waals surface area contributed by atoms with Crippen LogP contribution < -0.4 is 11.1 Å². The number of nitrogen functional groups attached to an aromatic ring is 1. The van der Waals surface area contributed by atoms with Gasteiger partial charge >= 0.3 is 0 Å². The first-order chi connectivity index (χ1) is 18.6. The van der Waals surface area contributed by atoms with Crippen LogP contribution in [-0.4, -0.2) is 15.0 Å². The molecule has 5 aromatic carbocycles. The lowest BCUT2D eigenvalue weighted by Gasteiger charge is -2.30. The first-order valence-electron chi connectivity index (χ1n) is 13.3. The largest absolute Gasteiger partial charge is 0.368 e. The van der Waals surface area contributed by atoms with Crippen LogP contribution in [-0.2, 0) is 6.42 Å². The zero-order chi connectivity index (χ0) is 25.8. The molecule has 0 amide bonds. The Morgan fingerprint density at radius 2 is 1.63 bits per heavy atom. The number of fused-ring (bicyclic) bond motifs is 6. The molecule has 38 heavy (non-hydrogen) atoms. The SMILES string of the molecule is Cc1cccc2c1cc(C)c1c3c(ccc12)C(c1ccc2ccccc2c1Nc1ncnc(N)n1)CCC3. The molecule has 5 heteroatoms. The van der Waals surface area contributed by atoms with Crippen LogP contribution in [0.25, 0.3) is 32.3 Å². The Labute approximate surface area is 221 Å². The van der Waals surface area contributed by atoms with Crippen molar-refractivity contribution in [1.82, 2.24) is 15.0 Å². The third kappa shape index (κ3) is 3.58. The summed E-state index contributed by atoms with van der Waals surface area (Å²) in [4.78, 5) is 12.7. The number of aryl methyl sites for hydroxylation is 3. The summed E-state index contributed by atoms with van der Waals surface area (Å²) in [5.74, 6) is 0.932. The van der Waals surface area contributed by atoms with Crippen molar-refractivity contribution >= 4 is 49.9 Å². The van der Waals surface area contributed by atoms with Gasteiger partial charge in [0.15, 0.2) is 0 Å². The molecule has 186 valence electrons. The van der Waals surface area contributed by atoms with Crippen LogP contribution in [0, 0.1) is 13.8 Å². The van der Waals surface area contributed by atoms with Gasteiger partial charge in [-0.15, -0.1) is 0 Å². The smallest absolute Gasteiger partial charge is 0.232 e. The van der Waals surface area contributed by atoms with Crippen LogP contribution in [0.15, 0.2) is 79.1 Å². The highest BCUT2D eigenvalue weighted by Crippen LogP contribution is 2.46. The van der Waals surface area contributed by atoms with Gasteiger partial charge in [0.25, 0.3) is 0 Å². The van der Waals surface area contributed by atoms with E-state index in [0.29, 0.717) is 5.95 Å². The quantitative estimate of drug-likeness (QED) is 0.246. The predicted octanol–water partition coefficient (Wildman–Crippen LogP) is 7.74. The number of nitrogens with zero attached hydrogens (tertiary/aromatic N) is 3. The number of rotatable bonds is 3. The molecule has 0 fully saturated rings. The van der Waals surface area contributed by atoms with E-state index in [9.17, 15) is 0 Å². The Balaban J connectivity index is 1.45. The van der Waals surface area contributed by atoms with E-state index in [0.717, 1.165) is 30.3 Å². The van der Waals surface area contributed by atoms with E-state index in [-0.39, 0.29) is 11.9 Å². The van der Waals surface area contributed by atoms with Crippen molar-refractivity contribution < 1.29 is 0 Å². The molecule has 0 saturated carbocycles. The second-order valence-corrected chi connectivity index (χ2v) is 10.4. The molecule has 0 saturated heterocycles. The zero-order valence-corrected chi connectivity index (χ0v) is 21.6. The number of nitrogens with one attached hydrogen (secondary N) is 1. The van der Waals surface area contributed by atoms with E-state index in [4.69, 9.17) is 5.73 Å². The first kappa shape index (κ1) is 22.7. The summed E-state index contributed by atoms with van der Waals surface area (Å²) in [5.41, 5.74) is 13.8. The van der Waals surface area contributed by atoms with Gasteiger partial charge in [0.05, 0.1) is 5.69 Å². The highest BCUT2D eigenvalue weighted by Gasteiger charge is 2.27. The van der Waals surface area contributed by atoms with Gasteiger partial charge in [0.2, 0.25) is 11.9 Å². The molecule has 0 bridgehead atoms. The van der Waals surface area contributed by atoms with Crippen molar-refractivity contribution in [2.45, 2.75) is 39.0 Å². The summed E-state index contributed by atoms with van der Waals surface area (Å²) in [6.07, 6.45) is 4.79. The van der Waals surface area contributed by atoms with Crippen molar-refractivity contribution in [3.63, 3.8) is 0 Å². The number of hydrogen-bond donors (Lipinski definition) is 2. The van der Waals surface area contributed by atoms with Gasteiger partial charge in [0, 0.05) is 11.3 Å². The standard InChI is InChI=1S/C33H29N5/c1-19-7-5-10-24-27-16-15-25-23(11-6-12-26(25)30(27)20(2)17-29(19)24)28-14-13-21-8-3-4-9-22(21)31(28)37-33-36-18-35-32(34)38-33/h3-5,7-10,13-18,23H,6,11-12H2,1-2H3,(H3,34,35,36,37,38). The average molecular weight is 496 g/mol. The molecule has 1 aromatic heterocycles. The van der Waals surface area contributed by atoms with Gasteiger partial charge in [0.1, 0.15) is 6.33 Å². The minimum absolute atomic E-state index is 0.205. The van der Waals surface area contributed by atoms with Crippen molar-refractivity contribution in [3.05, 3.63) is 107 Å². The summed E-state index contributed by atoms with van der Waals surface area (Å²) < 4.78 is 0. The average Bonchev–Trinajstić information content (AvgIpc) is 2.93. The second kappa shape index (κ2) is 8.80. The van der Waals surface area contributed by atoms with Crippen LogP contribution in [0.2, 0.25) is 0 Å². The lowest BCUT2D eigenvalue weighted by atomic mass is 9.75. The number of nitrogens with two attached hydrogens (primary N) is 1. The molecule has 5 nitrogen and oxygen atoms in total. The Kier molecular flexibility index (Phi) is 5.25. The molecular weight excluding hydrogens is 466 g/mol. The fraction of sp³-hybridized carbons (Fsp3) is 0.182. The minimum Gasteiger partial charge on any atom is -0.368 e. The summed E-state index contributed by atoms with van der Waals surface area (Å²) in [5, 5.41) is 11.3. The maximum absolute atomic E-state index is 5.88. The van der Waals surface area contributed by atoms with E-state index in [1.54, 1.807) is 0 Å². The van der Waals surface area contributed by atoms with Crippen molar-refractivity contribution in [1.29, 1.82) is 0 Å². The normalized spacial score (nSPS) is 15.2. The molecule has 7 rings (SSSR count). The zero-order valence-electron chi connectivity index (χ0n) is 21.6. The van der Waals surface area contributed by atoms with Gasteiger partial charge < -0.3 is 11.1 Å². The van der Waals surface area contributed by atoms with Crippen LogP contribution in [0.5, 0.6) is 0 Å². The summed E-state index contributed by atoms with van der Waals surface area (Å²) in [6, 6.07) is 26.7. The first-order valence-corrected chi connectivity index (χ1v) is 13.3. The molecule has 0 radical (unpaired) electrons. The van der Waals surface area contributed by atoms with Crippen LogP contribution in [0.3, 0.4) is 0 Å². The summed E-state index contributed by atoms with van der Waals surface area (Å²) in [6.45, 7) is 4.47. The van der Waals surface area contributed by atoms with Crippen molar-refractivity contribution in [3.8, 4) is 0 Å². The van der Waals surface area contributed by atoms with E-state index < -0.39 is 0 Å². The Morgan fingerprint density at radius 1 is 0.789 bits per heavy atom. The maximum atomic E-state index is 5.88. The highest BCUT2D eigenvalue weighted by atomic mass is 15.2. The Bertz CT molecular complexity index is 1870. The molecule has 1 atom stereocenters. The van der Waals surface area contributed by atoms with Crippen molar-refractivity contribution in [2.75, 3.05) is 11.1 Å². The van der Waals surface area contributed by atoms with Gasteiger partial charge in [-0.25, -0.2) is 9.97 Å². The molecule has 6 aromatic rings. The topological polar surface area (TPSA) is 76.7 Å². The van der Waals surface area contributed by atoms with E-state index >= 15 is 0 Å². The van der Waals surface area contributed by atoms with Crippen LogP contribution in [0.1, 0.15) is 46.6 Å². The Hall–Kier alpha value is -4.51. The lowest BCUT2D eigenvalue weighted by Crippen LogP contribution is -2.14. The number of hydrogen-bond acceptors (Lipinski definition) is 5. The Morgan fingerprint density at radius 3 is 2.53 bits per heavy atom. The van der Waals surface area contributed by atoms with Gasteiger partial charge in [-0.1, -0.05) is 72.8 Å². The molecule has 0 spiro atoms. The summed E-state index contributed by atoms with van der Waals surface area (Å²) >= 11 is 0. The molecule has 1 aliphatic rings. The second-order valence-electron chi connectivity index (χ2n) is 10.4. The molecule has 1 heterocycles.